The Kier molecular flexibility index (Phi) is 6.25. The first kappa shape index (κ1) is 21.4. The third-order valence-corrected chi connectivity index (χ3v) is 8.05. The molecule has 1 unspecified atom stereocenters. The fraction of sp³-hybridized carbons (Fsp3) is 0.636. The Morgan fingerprint density at radius 2 is 1.70 bits per heavy atom. The summed E-state index contributed by atoms with van der Waals surface area (Å²) < 4.78 is 25.9. The van der Waals surface area contributed by atoms with Crippen molar-refractivity contribution in [2.24, 2.45) is 28.0 Å². The first-order chi connectivity index (χ1) is 14.4. The van der Waals surface area contributed by atoms with Gasteiger partial charge in [0, 0.05) is 13.1 Å². The monoisotopic (exact) mass is 447 g/mol. The molecule has 0 saturated heterocycles. The van der Waals surface area contributed by atoms with Gasteiger partial charge in [0.2, 0.25) is 5.91 Å². The largest absolute Gasteiger partial charge is 0.365 e. The van der Waals surface area contributed by atoms with Crippen molar-refractivity contribution in [1.29, 1.82) is 0 Å². The molecule has 1 amide bonds. The highest BCUT2D eigenvalue weighted by Gasteiger charge is 2.52. The molecule has 1 N–H and O–H groups in total. The fourth-order valence-electron chi connectivity index (χ4n) is 6.25. The van der Waals surface area contributed by atoms with E-state index in [1.165, 1.54) is 6.42 Å². The summed E-state index contributed by atoms with van der Waals surface area (Å²) >= 11 is 5.62. The Balaban J connectivity index is 1.69. The SMILES string of the molecule is CNC(=S)N(C(=O)C(CN=S(=O)=O)c1ccc(C)cc1)C1C2CC3CC(C2)CC1C3. The highest BCUT2D eigenvalue weighted by molar-refractivity contribution is 7.80. The van der Waals surface area contributed by atoms with Gasteiger partial charge in [-0.15, -0.1) is 0 Å². The zero-order valence-electron chi connectivity index (χ0n) is 17.5. The van der Waals surface area contributed by atoms with Gasteiger partial charge in [0.25, 0.3) is 0 Å². The molecule has 4 aliphatic carbocycles. The van der Waals surface area contributed by atoms with Crippen molar-refractivity contribution in [3.63, 3.8) is 0 Å². The van der Waals surface area contributed by atoms with Gasteiger partial charge in [0.1, 0.15) is 0 Å². The molecule has 1 aromatic carbocycles. The lowest BCUT2D eigenvalue weighted by atomic mass is 9.54. The lowest BCUT2D eigenvalue weighted by Gasteiger charge is -2.57. The summed E-state index contributed by atoms with van der Waals surface area (Å²) in [7, 11) is -0.812. The maximum atomic E-state index is 13.9. The van der Waals surface area contributed by atoms with Crippen LogP contribution < -0.4 is 5.32 Å². The first-order valence-electron chi connectivity index (χ1n) is 10.8. The Morgan fingerprint density at radius 1 is 1.13 bits per heavy atom. The lowest BCUT2D eigenvalue weighted by molar-refractivity contribution is -0.137. The second kappa shape index (κ2) is 8.75. The van der Waals surface area contributed by atoms with E-state index in [2.05, 4.69) is 9.68 Å². The van der Waals surface area contributed by atoms with Crippen LogP contribution in [-0.2, 0) is 15.3 Å². The van der Waals surface area contributed by atoms with E-state index in [4.69, 9.17) is 12.2 Å². The van der Waals surface area contributed by atoms with Crippen molar-refractivity contribution in [2.75, 3.05) is 13.6 Å². The van der Waals surface area contributed by atoms with Gasteiger partial charge in [0.15, 0.2) is 5.11 Å². The van der Waals surface area contributed by atoms with Crippen LogP contribution in [0, 0.1) is 30.6 Å². The fourth-order valence-corrected chi connectivity index (χ4v) is 6.73. The molecule has 4 bridgehead atoms. The minimum absolute atomic E-state index is 0.0935. The molecular weight excluding hydrogens is 418 g/mol. The zero-order valence-corrected chi connectivity index (χ0v) is 19.1. The number of amides is 1. The van der Waals surface area contributed by atoms with Crippen LogP contribution in [0.5, 0.6) is 0 Å². The zero-order chi connectivity index (χ0) is 21.4. The Hall–Kier alpha value is -1.80. The van der Waals surface area contributed by atoms with E-state index in [-0.39, 0.29) is 18.5 Å². The number of nitrogens with zero attached hydrogens (tertiary/aromatic N) is 2. The quantitative estimate of drug-likeness (QED) is 0.701. The minimum Gasteiger partial charge on any atom is -0.365 e. The minimum atomic E-state index is -2.56. The molecule has 8 heteroatoms. The Bertz CT molecular complexity index is 922. The lowest BCUT2D eigenvalue weighted by Crippen LogP contribution is -2.61. The normalized spacial score (nSPS) is 29.9. The van der Waals surface area contributed by atoms with Gasteiger partial charge in [-0.05, 0) is 80.5 Å². The molecule has 0 aromatic heterocycles. The van der Waals surface area contributed by atoms with E-state index in [1.807, 2.05) is 31.2 Å². The van der Waals surface area contributed by atoms with Gasteiger partial charge in [0.05, 0.1) is 12.5 Å². The number of carbonyl (C=O) groups is 1. The summed E-state index contributed by atoms with van der Waals surface area (Å²) in [6, 6.07) is 7.74. The van der Waals surface area contributed by atoms with Crippen molar-refractivity contribution in [1.82, 2.24) is 10.2 Å². The molecule has 0 heterocycles. The molecule has 5 rings (SSSR count). The second-order valence-corrected chi connectivity index (χ2v) is 10.3. The summed E-state index contributed by atoms with van der Waals surface area (Å²) in [5, 5.41) is 3.45. The molecule has 4 fully saturated rings. The molecular formula is C22H29N3O3S2. The maximum Gasteiger partial charge on any atom is 0.311 e. The van der Waals surface area contributed by atoms with Crippen LogP contribution in [0.4, 0.5) is 0 Å². The Morgan fingerprint density at radius 3 is 2.20 bits per heavy atom. The average Bonchev–Trinajstić information content (AvgIpc) is 2.70. The number of nitrogens with one attached hydrogen (secondary N) is 1. The average molecular weight is 448 g/mol. The third kappa shape index (κ3) is 4.17. The van der Waals surface area contributed by atoms with Crippen LogP contribution in [0.25, 0.3) is 0 Å². The molecule has 1 atom stereocenters. The topological polar surface area (TPSA) is 78.8 Å². The van der Waals surface area contributed by atoms with E-state index < -0.39 is 16.4 Å². The second-order valence-electron chi connectivity index (χ2n) is 9.18. The number of aryl methyl sites for hydroxylation is 1. The number of hydrogen-bond donors (Lipinski definition) is 1. The van der Waals surface area contributed by atoms with Crippen LogP contribution >= 0.6 is 12.2 Å². The molecule has 30 heavy (non-hydrogen) atoms. The standard InChI is InChI=1S/C22H29N3O3S2/c1-13-3-5-16(6-4-13)19(12-24-30(27)28)21(26)25(22(29)23-2)20-17-8-14-7-15(10-17)11-18(20)9-14/h3-6,14-15,17-20H,7-12H2,1-2H3,(H,23,29). The highest BCUT2D eigenvalue weighted by atomic mass is 32.2. The number of rotatable bonds is 5. The molecule has 4 saturated carbocycles. The van der Waals surface area contributed by atoms with Crippen LogP contribution in [0.1, 0.15) is 49.1 Å². The number of carbonyl (C=O) groups excluding carboxylic acids is 1. The van der Waals surface area contributed by atoms with Crippen LogP contribution in [0.3, 0.4) is 0 Å². The molecule has 1 aromatic rings. The summed E-state index contributed by atoms with van der Waals surface area (Å²) in [6.45, 7) is 1.88. The van der Waals surface area contributed by atoms with Crippen LogP contribution in [0.15, 0.2) is 28.6 Å². The molecule has 0 aliphatic heterocycles. The van der Waals surface area contributed by atoms with E-state index in [0.717, 1.165) is 48.6 Å². The van der Waals surface area contributed by atoms with E-state index in [0.29, 0.717) is 16.9 Å². The molecule has 162 valence electrons. The van der Waals surface area contributed by atoms with Gasteiger partial charge >= 0.3 is 10.5 Å². The van der Waals surface area contributed by atoms with Crippen LogP contribution in [0.2, 0.25) is 0 Å². The van der Waals surface area contributed by atoms with Crippen molar-refractivity contribution in [3.05, 3.63) is 35.4 Å². The predicted molar refractivity (Wildman–Crippen MR) is 119 cm³/mol. The number of thiocarbonyl (C=S) groups is 1. The van der Waals surface area contributed by atoms with Gasteiger partial charge in [-0.3, -0.25) is 9.69 Å². The summed E-state index contributed by atoms with van der Waals surface area (Å²) in [4.78, 5) is 15.7. The molecule has 0 radical (unpaired) electrons. The van der Waals surface area contributed by atoms with Crippen molar-refractivity contribution < 1.29 is 13.2 Å². The molecule has 4 aliphatic rings. The van der Waals surface area contributed by atoms with Crippen LogP contribution in [-0.4, -0.2) is 44.0 Å². The van der Waals surface area contributed by atoms with Gasteiger partial charge < -0.3 is 5.32 Å². The van der Waals surface area contributed by atoms with E-state index in [9.17, 15) is 13.2 Å². The predicted octanol–water partition coefficient (Wildman–Crippen LogP) is 3.30. The van der Waals surface area contributed by atoms with Gasteiger partial charge in [-0.2, -0.15) is 12.8 Å². The summed E-state index contributed by atoms with van der Waals surface area (Å²) in [5.74, 6) is 1.70. The van der Waals surface area contributed by atoms with Crippen molar-refractivity contribution >= 4 is 33.7 Å². The van der Waals surface area contributed by atoms with Crippen molar-refractivity contribution in [3.8, 4) is 0 Å². The van der Waals surface area contributed by atoms with Gasteiger partial charge in [-0.1, -0.05) is 29.8 Å². The Labute approximate surface area is 185 Å². The molecule has 0 spiro atoms. The maximum absolute atomic E-state index is 13.9. The first-order valence-corrected chi connectivity index (χ1v) is 12.2. The smallest absolute Gasteiger partial charge is 0.311 e. The van der Waals surface area contributed by atoms with Gasteiger partial charge in [-0.25, -0.2) is 0 Å². The number of benzene rings is 1. The summed E-state index contributed by atoms with van der Waals surface area (Å²) in [5.41, 5.74) is 1.85. The third-order valence-electron chi connectivity index (χ3n) is 7.29. The summed E-state index contributed by atoms with van der Waals surface area (Å²) in [6.07, 6.45) is 6.00. The van der Waals surface area contributed by atoms with Crippen molar-refractivity contribution in [2.45, 2.75) is 51.0 Å². The highest BCUT2D eigenvalue weighted by Crippen LogP contribution is 2.55. The molecule has 6 nitrogen and oxygen atoms in total. The number of hydrogen-bond acceptors (Lipinski definition) is 5. The van der Waals surface area contributed by atoms with E-state index >= 15 is 0 Å². The van der Waals surface area contributed by atoms with E-state index in [1.54, 1.807) is 11.9 Å².